The average Bonchev–Trinajstić information content (AvgIpc) is 2.88. The van der Waals surface area contributed by atoms with Crippen molar-refractivity contribution in [1.82, 2.24) is 9.97 Å². The Morgan fingerprint density at radius 3 is 2.70 bits per heavy atom. The molecule has 1 aromatic carbocycles. The largest absolute Gasteiger partial charge is 0.495 e. The Morgan fingerprint density at radius 2 is 1.95 bits per heavy atom. The van der Waals surface area contributed by atoms with Crippen LogP contribution in [-0.4, -0.2) is 17.1 Å². The Hall–Kier alpha value is -1.07. The summed E-state index contributed by atoms with van der Waals surface area (Å²) in [4.78, 5) is 9.58. The molecule has 3 nitrogen and oxygen atoms in total. The van der Waals surface area contributed by atoms with Crippen LogP contribution in [0.1, 0.15) is 0 Å². The monoisotopic (exact) mass is 344 g/mol. The molecule has 0 spiro atoms. The topological polar surface area (TPSA) is 35.0 Å². The van der Waals surface area contributed by atoms with E-state index in [4.69, 9.17) is 39.5 Å². The minimum Gasteiger partial charge on any atom is -0.495 e. The lowest BCUT2D eigenvalue weighted by molar-refractivity contribution is 0.418. The van der Waals surface area contributed by atoms with Gasteiger partial charge in [-0.05, 0) is 23.6 Å². The maximum atomic E-state index is 6.21. The number of rotatable bonds is 2. The molecule has 0 aliphatic carbocycles. The maximum absolute atomic E-state index is 6.21. The maximum Gasteiger partial charge on any atom is 0.175 e. The third-order valence-electron chi connectivity index (χ3n) is 2.72. The van der Waals surface area contributed by atoms with E-state index < -0.39 is 0 Å². The fourth-order valence-electron chi connectivity index (χ4n) is 1.84. The second-order valence-electron chi connectivity index (χ2n) is 3.94. The van der Waals surface area contributed by atoms with Gasteiger partial charge in [0.25, 0.3) is 0 Å². The first-order chi connectivity index (χ1) is 9.60. The van der Waals surface area contributed by atoms with Gasteiger partial charge in [0.1, 0.15) is 15.8 Å². The Morgan fingerprint density at radius 1 is 1.15 bits per heavy atom. The average molecular weight is 346 g/mol. The quantitative estimate of drug-likeness (QED) is 0.589. The number of aromatic nitrogens is 2. The molecule has 0 atom stereocenters. The number of fused-ring (bicyclic) bond motifs is 1. The second kappa shape index (κ2) is 5.37. The van der Waals surface area contributed by atoms with E-state index in [1.54, 1.807) is 19.2 Å². The molecule has 0 saturated carbocycles. The minimum absolute atomic E-state index is 0.310. The summed E-state index contributed by atoms with van der Waals surface area (Å²) in [6.45, 7) is 0. The van der Waals surface area contributed by atoms with Gasteiger partial charge in [0.15, 0.2) is 5.82 Å². The van der Waals surface area contributed by atoms with Crippen molar-refractivity contribution in [1.29, 1.82) is 0 Å². The zero-order valence-electron chi connectivity index (χ0n) is 10.2. The van der Waals surface area contributed by atoms with Crippen molar-refractivity contribution in [3.8, 4) is 16.5 Å². The van der Waals surface area contributed by atoms with Crippen molar-refractivity contribution in [2.75, 3.05) is 7.11 Å². The number of halogens is 3. The summed E-state index contributed by atoms with van der Waals surface area (Å²) in [6.07, 6.45) is 0. The molecule has 0 saturated heterocycles. The fourth-order valence-corrected chi connectivity index (χ4v) is 3.40. The minimum atomic E-state index is 0.310. The van der Waals surface area contributed by atoms with Crippen LogP contribution in [0.15, 0.2) is 23.6 Å². The van der Waals surface area contributed by atoms with Crippen LogP contribution in [0.4, 0.5) is 0 Å². The highest BCUT2D eigenvalue weighted by molar-refractivity contribution is 7.13. The first-order valence-corrected chi connectivity index (χ1v) is 7.55. The van der Waals surface area contributed by atoms with E-state index in [-0.39, 0.29) is 0 Å². The predicted octanol–water partition coefficient (Wildman–Crippen LogP) is 5.33. The lowest BCUT2D eigenvalue weighted by Crippen LogP contribution is -1.93. The van der Waals surface area contributed by atoms with Crippen molar-refractivity contribution >= 4 is 57.0 Å². The molecule has 7 heteroatoms. The van der Waals surface area contributed by atoms with Gasteiger partial charge < -0.3 is 4.74 Å². The molecule has 2 heterocycles. The predicted molar refractivity (Wildman–Crippen MR) is 84.4 cm³/mol. The second-order valence-corrected chi connectivity index (χ2v) is 6.06. The number of thiophene rings is 1. The van der Waals surface area contributed by atoms with E-state index in [0.29, 0.717) is 37.7 Å². The molecule has 0 amide bonds. The third-order valence-corrected chi connectivity index (χ3v) is 4.41. The molecule has 0 N–H and O–H groups in total. The van der Waals surface area contributed by atoms with E-state index >= 15 is 0 Å². The number of ether oxygens (including phenoxy) is 1. The van der Waals surface area contributed by atoms with Gasteiger partial charge in [0.05, 0.1) is 17.6 Å². The fraction of sp³-hybridized carbons (Fsp3) is 0.0769. The van der Waals surface area contributed by atoms with Crippen molar-refractivity contribution in [2.24, 2.45) is 0 Å². The van der Waals surface area contributed by atoms with Crippen LogP contribution in [0.3, 0.4) is 0 Å². The van der Waals surface area contributed by atoms with Gasteiger partial charge in [0, 0.05) is 10.4 Å². The van der Waals surface area contributed by atoms with Gasteiger partial charge in [-0.15, -0.1) is 11.3 Å². The Balaban J connectivity index is 2.30. The molecule has 3 rings (SSSR count). The summed E-state index contributed by atoms with van der Waals surface area (Å²) in [5.41, 5.74) is 0.571. The van der Waals surface area contributed by atoms with Crippen LogP contribution in [0.5, 0.6) is 5.75 Å². The summed E-state index contributed by atoms with van der Waals surface area (Å²) in [5, 5.41) is 3.77. The summed E-state index contributed by atoms with van der Waals surface area (Å²) in [6, 6.07) is 5.18. The zero-order chi connectivity index (χ0) is 14.3. The summed E-state index contributed by atoms with van der Waals surface area (Å²) in [7, 11) is 1.60. The van der Waals surface area contributed by atoms with Crippen molar-refractivity contribution in [2.45, 2.75) is 0 Å². The molecule has 102 valence electrons. The third kappa shape index (κ3) is 2.33. The van der Waals surface area contributed by atoms with Crippen LogP contribution in [0.25, 0.3) is 21.6 Å². The van der Waals surface area contributed by atoms with Gasteiger partial charge in [-0.2, -0.15) is 0 Å². The molecule has 0 aliphatic heterocycles. The molecule has 0 bridgehead atoms. The van der Waals surface area contributed by atoms with Gasteiger partial charge in [-0.25, -0.2) is 9.97 Å². The molecule has 20 heavy (non-hydrogen) atoms. The SMILES string of the molecule is COc1ccsc1-c1nc(Cl)c2cc(Cl)cc(Cl)c2n1. The van der Waals surface area contributed by atoms with E-state index in [2.05, 4.69) is 9.97 Å². The lowest BCUT2D eigenvalue weighted by atomic mass is 10.2. The molecule has 0 unspecified atom stereocenters. The van der Waals surface area contributed by atoms with Gasteiger partial charge >= 0.3 is 0 Å². The molecule has 2 aromatic heterocycles. The number of nitrogens with zero attached hydrogens (tertiary/aromatic N) is 2. The standard InChI is InChI=1S/C13H7Cl3N2OS/c1-19-9-2-3-20-11(9)13-17-10-7(12(16)18-13)4-6(14)5-8(10)15/h2-5H,1H3. The number of hydrogen-bond donors (Lipinski definition) is 0. The van der Waals surface area contributed by atoms with Gasteiger partial charge in [-0.3, -0.25) is 0 Å². The van der Waals surface area contributed by atoms with Crippen LogP contribution in [0.2, 0.25) is 15.2 Å². The normalized spacial score (nSPS) is 11.0. The van der Waals surface area contributed by atoms with E-state index in [1.165, 1.54) is 11.3 Å². The highest BCUT2D eigenvalue weighted by atomic mass is 35.5. The van der Waals surface area contributed by atoms with Gasteiger partial charge in [0.2, 0.25) is 0 Å². The molecule has 0 fully saturated rings. The van der Waals surface area contributed by atoms with Crippen LogP contribution in [-0.2, 0) is 0 Å². The van der Waals surface area contributed by atoms with E-state index in [0.717, 1.165) is 4.88 Å². The molecular weight excluding hydrogens is 339 g/mol. The first kappa shape index (κ1) is 13.9. The summed E-state index contributed by atoms with van der Waals surface area (Å²) in [5.74, 6) is 1.19. The van der Waals surface area contributed by atoms with Crippen LogP contribution < -0.4 is 4.74 Å². The van der Waals surface area contributed by atoms with Crippen molar-refractivity contribution in [3.05, 3.63) is 38.8 Å². The van der Waals surface area contributed by atoms with Crippen LogP contribution >= 0.6 is 46.1 Å². The smallest absolute Gasteiger partial charge is 0.175 e. The summed E-state index contributed by atoms with van der Waals surface area (Å²) < 4.78 is 5.27. The first-order valence-electron chi connectivity index (χ1n) is 5.54. The Bertz CT molecular complexity index is 804. The number of benzene rings is 1. The van der Waals surface area contributed by atoms with Crippen molar-refractivity contribution in [3.63, 3.8) is 0 Å². The molecular formula is C13H7Cl3N2OS. The van der Waals surface area contributed by atoms with E-state index in [1.807, 2.05) is 11.4 Å². The number of methoxy groups -OCH3 is 1. The molecule has 0 radical (unpaired) electrons. The zero-order valence-corrected chi connectivity index (χ0v) is 13.2. The molecule has 0 aliphatic rings. The lowest BCUT2D eigenvalue weighted by Gasteiger charge is -2.06. The van der Waals surface area contributed by atoms with Crippen LogP contribution in [0, 0.1) is 0 Å². The van der Waals surface area contributed by atoms with Gasteiger partial charge in [-0.1, -0.05) is 34.8 Å². The highest BCUT2D eigenvalue weighted by Crippen LogP contribution is 2.37. The highest BCUT2D eigenvalue weighted by Gasteiger charge is 2.15. The van der Waals surface area contributed by atoms with E-state index in [9.17, 15) is 0 Å². The Labute approximate surface area is 134 Å². The summed E-state index contributed by atoms with van der Waals surface area (Å²) >= 11 is 19.8. The molecule has 3 aromatic rings. The van der Waals surface area contributed by atoms with Crippen molar-refractivity contribution < 1.29 is 4.74 Å². The Kier molecular flexibility index (Phi) is 3.73. The number of hydrogen-bond acceptors (Lipinski definition) is 4.